The van der Waals surface area contributed by atoms with Gasteiger partial charge in [-0.2, -0.15) is 0 Å². The van der Waals surface area contributed by atoms with Crippen molar-refractivity contribution in [3.05, 3.63) is 0 Å². The maximum absolute atomic E-state index is 12.4. The highest BCUT2D eigenvalue weighted by atomic mass is 16.5. The highest BCUT2D eigenvalue weighted by molar-refractivity contribution is 5.79. The van der Waals surface area contributed by atoms with Gasteiger partial charge in [0, 0.05) is 19.0 Å². The number of carbonyl (C=O) groups excluding carboxylic acids is 1. The van der Waals surface area contributed by atoms with E-state index in [0.29, 0.717) is 6.54 Å². The Kier molecular flexibility index (Phi) is 5.53. The van der Waals surface area contributed by atoms with Crippen LogP contribution in [-0.2, 0) is 14.3 Å². The topological polar surface area (TPSA) is 92.9 Å². The lowest BCUT2D eigenvalue weighted by Gasteiger charge is -2.33. The van der Waals surface area contributed by atoms with Gasteiger partial charge in [0.25, 0.3) is 0 Å². The molecule has 1 heterocycles. The predicted octanol–water partition coefficient (Wildman–Crippen LogP) is 0.698. The SMILES string of the molecule is CCN(C(=O)CC(N)C(C)(C)C)C1COCC1C(=O)O. The van der Waals surface area contributed by atoms with Crippen molar-refractivity contribution in [2.24, 2.45) is 17.1 Å². The third-order valence-corrected chi connectivity index (χ3v) is 3.94. The monoisotopic (exact) mass is 286 g/mol. The maximum atomic E-state index is 12.4. The van der Waals surface area contributed by atoms with E-state index in [2.05, 4.69) is 0 Å². The third-order valence-electron chi connectivity index (χ3n) is 3.94. The molecule has 0 aromatic heterocycles. The van der Waals surface area contributed by atoms with Crippen LogP contribution >= 0.6 is 0 Å². The minimum atomic E-state index is -0.918. The van der Waals surface area contributed by atoms with E-state index < -0.39 is 17.9 Å². The average Bonchev–Trinajstić information content (AvgIpc) is 2.77. The van der Waals surface area contributed by atoms with Crippen molar-refractivity contribution in [2.45, 2.75) is 46.2 Å². The molecule has 1 amide bonds. The smallest absolute Gasteiger partial charge is 0.311 e. The fraction of sp³-hybridized carbons (Fsp3) is 0.857. The number of rotatable bonds is 5. The molecule has 1 fully saturated rings. The highest BCUT2D eigenvalue weighted by Gasteiger charge is 2.40. The molecule has 116 valence electrons. The molecule has 6 nitrogen and oxygen atoms in total. The van der Waals surface area contributed by atoms with E-state index in [4.69, 9.17) is 10.5 Å². The van der Waals surface area contributed by atoms with Crippen LogP contribution in [0.1, 0.15) is 34.1 Å². The second-order valence-electron chi connectivity index (χ2n) is 6.41. The van der Waals surface area contributed by atoms with Crippen molar-refractivity contribution in [2.75, 3.05) is 19.8 Å². The summed E-state index contributed by atoms with van der Waals surface area (Å²) in [5, 5.41) is 9.18. The second kappa shape index (κ2) is 6.54. The normalized spacial score (nSPS) is 24.4. The summed E-state index contributed by atoms with van der Waals surface area (Å²) in [4.78, 5) is 25.2. The molecule has 1 saturated heterocycles. The van der Waals surface area contributed by atoms with Crippen molar-refractivity contribution in [1.82, 2.24) is 4.90 Å². The summed E-state index contributed by atoms with van der Waals surface area (Å²) in [6.07, 6.45) is 0.222. The number of ether oxygens (including phenoxy) is 1. The van der Waals surface area contributed by atoms with Crippen molar-refractivity contribution in [3.63, 3.8) is 0 Å². The molecule has 3 N–H and O–H groups in total. The summed E-state index contributed by atoms with van der Waals surface area (Å²) in [7, 11) is 0. The van der Waals surface area contributed by atoms with Gasteiger partial charge in [-0.3, -0.25) is 9.59 Å². The predicted molar refractivity (Wildman–Crippen MR) is 75.2 cm³/mol. The Bertz CT molecular complexity index is 365. The Morgan fingerprint density at radius 2 is 2.00 bits per heavy atom. The number of nitrogens with two attached hydrogens (primary N) is 1. The van der Waals surface area contributed by atoms with Crippen molar-refractivity contribution in [3.8, 4) is 0 Å². The molecule has 1 aliphatic heterocycles. The van der Waals surface area contributed by atoms with Crippen molar-refractivity contribution in [1.29, 1.82) is 0 Å². The van der Waals surface area contributed by atoms with E-state index in [1.54, 1.807) is 4.90 Å². The molecule has 0 aromatic carbocycles. The summed E-state index contributed by atoms with van der Waals surface area (Å²) < 4.78 is 5.23. The molecule has 1 rings (SSSR count). The highest BCUT2D eigenvalue weighted by Crippen LogP contribution is 2.24. The molecular formula is C14H26N2O4. The zero-order valence-electron chi connectivity index (χ0n) is 12.8. The van der Waals surface area contributed by atoms with E-state index in [0.717, 1.165) is 0 Å². The van der Waals surface area contributed by atoms with Gasteiger partial charge in [-0.15, -0.1) is 0 Å². The summed E-state index contributed by atoms with van der Waals surface area (Å²) in [5.74, 6) is -1.67. The van der Waals surface area contributed by atoms with Gasteiger partial charge in [-0.05, 0) is 12.3 Å². The van der Waals surface area contributed by atoms with Crippen LogP contribution in [0.2, 0.25) is 0 Å². The number of carboxylic acids is 1. The molecule has 0 radical (unpaired) electrons. The minimum absolute atomic E-state index is 0.100. The van der Waals surface area contributed by atoms with Gasteiger partial charge in [-0.25, -0.2) is 0 Å². The van der Waals surface area contributed by atoms with Gasteiger partial charge in [0.05, 0.1) is 19.3 Å². The minimum Gasteiger partial charge on any atom is -0.481 e. The number of aliphatic carboxylic acids is 1. The zero-order valence-corrected chi connectivity index (χ0v) is 12.8. The standard InChI is InChI=1S/C14H26N2O4/c1-5-16(10-8-20-7-9(10)13(18)19)12(17)6-11(15)14(2,3)4/h9-11H,5-8,15H2,1-4H3,(H,18,19). The Morgan fingerprint density at radius 3 is 2.45 bits per heavy atom. The molecular weight excluding hydrogens is 260 g/mol. The lowest BCUT2D eigenvalue weighted by Crippen LogP contribution is -2.49. The van der Waals surface area contributed by atoms with Crippen LogP contribution in [0.3, 0.4) is 0 Å². The van der Waals surface area contributed by atoms with Crippen LogP contribution in [0, 0.1) is 11.3 Å². The first-order valence-corrected chi connectivity index (χ1v) is 7.04. The number of carboxylic acid groups (broad SMARTS) is 1. The molecule has 0 aromatic rings. The van der Waals surface area contributed by atoms with Crippen molar-refractivity contribution >= 4 is 11.9 Å². The van der Waals surface area contributed by atoms with E-state index in [1.165, 1.54) is 0 Å². The number of carbonyl (C=O) groups is 2. The van der Waals surface area contributed by atoms with Gasteiger partial charge in [0.1, 0.15) is 5.92 Å². The van der Waals surface area contributed by atoms with Gasteiger partial charge >= 0.3 is 5.97 Å². The first-order valence-electron chi connectivity index (χ1n) is 7.04. The molecule has 6 heteroatoms. The Hall–Kier alpha value is -1.14. The largest absolute Gasteiger partial charge is 0.481 e. The molecule has 0 spiro atoms. The van der Waals surface area contributed by atoms with Gasteiger partial charge < -0.3 is 20.5 Å². The fourth-order valence-electron chi connectivity index (χ4n) is 2.29. The lowest BCUT2D eigenvalue weighted by atomic mass is 9.85. The first kappa shape index (κ1) is 16.9. The fourth-order valence-corrected chi connectivity index (χ4v) is 2.29. The summed E-state index contributed by atoms with van der Waals surface area (Å²) in [6.45, 7) is 8.71. The molecule has 1 aliphatic rings. The van der Waals surface area contributed by atoms with Crippen LogP contribution in [0.25, 0.3) is 0 Å². The molecule has 20 heavy (non-hydrogen) atoms. The molecule has 3 unspecified atom stereocenters. The number of hydrogen-bond donors (Lipinski definition) is 2. The van der Waals surface area contributed by atoms with Crippen LogP contribution < -0.4 is 5.73 Å². The van der Waals surface area contributed by atoms with E-state index in [1.807, 2.05) is 27.7 Å². The van der Waals surface area contributed by atoms with Gasteiger partial charge in [0.2, 0.25) is 5.91 Å². The van der Waals surface area contributed by atoms with Crippen LogP contribution in [0.15, 0.2) is 0 Å². The average molecular weight is 286 g/mol. The van der Waals surface area contributed by atoms with Gasteiger partial charge in [-0.1, -0.05) is 20.8 Å². The third kappa shape index (κ3) is 3.93. The molecule has 0 saturated carbocycles. The number of hydrogen-bond acceptors (Lipinski definition) is 4. The summed E-state index contributed by atoms with van der Waals surface area (Å²) in [6, 6.07) is -0.646. The number of likely N-dealkylation sites (N-methyl/N-ethyl adjacent to an activating group) is 1. The quantitative estimate of drug-likeness (QED) is 0.776. The summed E-state index contributed by atoms with van der Waals surface area (Å²) >= 11 is 0. The van der Waals surface area contributed by atoms with Crippen LogP contribution in [0.4, 0.5) is 0 Å². The second-order valence-corrected chi connectivity index (χ2v) is 6.41. The Morgan fingerprint density at radius 1 is 1.40 bits per heavy atom. The maximum Gasteiger partial charge on any atom is 0.311 e. The van der Waals surface area contributed by atoms with E-state index >= 15 is 0 Å². The van der Waals surface area contributed by atoms with E-state index in [9.17, 15) is 14.7 Å². The van der Waals surface area contributed by atoms with E-state index in [-0.39, 0.29) is 37.0 Å². The Balaban J connectivity index is 2.75. The molecule has 3 atom stereocenters. The molecule has 0 bridgehead atoms. The van der Waals surface area contributed by atoms with Gasteiger partial charge in [0.15, 0.2) is 0 Å². The zero-order chi connectivity index (χ0) is 15.5. The number of nitrogens with zero attached hydrogens (tertiary/aromatic N) is 1. The molecule has 0 aliphatic carbocycles. The summed E-state index contributed by atoms with van der Waals surface area (Å²) in [5.41, 5.74) is 5.88. The lowest BCUT2D eigenvalue weighted by molar-refractivity contribution is -0.145. The van der Waals surface area contributed by atoms with Crippen molar-refractivity contribution < 1.29 is 19.4 Å². The number of amides is 1. The Labute approximate surface area is 120 Å². The van der Waals surface area contributed by atoms with Crippen LogP contribution in [0.5, 0.6) is 0 Å². The first-order chi connectivity index (χ1) is 9.18. The van der Waals surface area contributed by atoms with Crippen LogP contribution in [-0.4, -0.2) is 53.7 Å².